The summed E-state index contributed by atoms with van der Waals surface area (Å²) >= 11 is 5.06. The Kier molecular flexibility index (Phi) is 3.89. The molecular weight excluding hydrogens is 336 g/mol. The van der Waals surface area contributed by atoms with E-state index in [0.29, 0.717) is 12.2 Å². The molecule has 2 heterocycles. The van der Waals surface area contributed by atoms with Gasteiger partial charge in [-0.15, -0.1) is 11.3 Å². The first-order valence-electron chi connectivity index (χ1n) is 6.31. The molecule has 1 aromatic carbocycles. The van der Waals surface area contributed by atoms with Gasteiger partial charge in [0.15, 0.2) is 0 Å². The number of H-pyrrole nitrogens is 1. The minimum atomic E-state index is -0.0739. The molecule has 0 radical (unpaired) electrons. The first-order chi connectivity index (χ1) is 9.74. The van der Waals surface area contributed by atoms with Gasteiger partial charge in [0.25, 0.3) is 5.91 Å². The number of fused-ring (bicyclic) bond motifs is 1. The molecule has 3 nitrogen and oxygen atoms in total. The zero-order valence-corrected chi connectivity index (χ0v) is 13.1. The van der Waals surface area contributed by atoms with Crippen molar-refractivity contribution in [3.63, 3.8) is 0 Å². The summed E-state index contributed by atoms with van der Waals surface area (Å²) in [5.41, 5.74) is 1.87. The highest BCUT2D eigenvalue weighted by molar-refractivity contribution is 9.10. The van der Waals surface area contributed by atoms with E-state index < -0.39 is 0 Å². The topological polar surface area (TPSA) is 44.9 Å². The van der Waals surface area contributed by atoms with Crippen molar-refractivity contribution in [3.8, 4) is 0 Å². The van der Waals surface area contributed by atoms with Crippen molar-refractivity contribution in [2.24, 2.45) is 0 Å². The zero-order valence-electron chi connectivity index (χ0n) is 10.7. The van der Waals surface area contributed by atoms with E-state index in [1.165, 1.54) is 15.6 Å². The molecule has 2 aromatic heterocycles. The molecule has 0 fully saturated rings. The minimum absolute atomic E-state index is 0.0739. The smallest absolute Gasteiger partial charge is 0.267 e. The van der Waals surface area contributed by atoms with E-state index in [-0.39, 0.29) is 5.91 Å². The Bertz CT molecular complexity index is 747. The lowest BCUT2D eigenvalue weighted by molar-refractivity contribution is 0.0950. The molecule has 0 aliphatic rings. The van der Waals surface area contributed by atoms with E-state index in [9.17, 15) is 4.79 Å². The summed E-state index contributed by atoms with van der Waals surface area (Å²) in [6.45, 7) is 0.635. The third kappa shape index (κ3) is 2.78. The van der Waals surface area contributed by atoms with Gasteiger partial charge >= 0.3 is 0 Å². The molecule has 5 heteroatoms. The molecule has 0 bridgehead atoms. The van der Waals surface area contributed by atoms with E-state index in [1.807, 2.05) is 12.1 Å². The maximum Gasteiger partial charge on any atom is 0.267 e. The monoisotopic (exact) mass is 348 g/mol. The summed E-state index contributed by atoms with van der Waals surface area (Å²) in [7, 11) is 0. The number of rotatable bonds is 4. The number of carbonyl (C=O) groups excluding carboxylic acids is 1. The Labute approximate surface area is 129 Å². The van der Waals surface area contributed by atoms with Gasteiger partial charge in [0.2, 0.25) is 0 Å². The predicted octanol–water partition coefficient (Wildman–Crippen LogP) is 3.96. The summed E-state index contributed by atoms with van der Waals surface area (Å²) in [6.07, 6.45) is 2.60. The van der Waals surface area contributed by atoms with E-state index in [0.717, 1.165) is 10.9 Å². The molecule has 0 saturated carbocycles. The average molecular weight is 349 g/mol. The molecule has 0 aliphatic heterocycles. The fraction of sp³-hybridized carbons (Fsp3) is 0.133. The molecule has 3 rings (SSSR count). The standard InChI is InChI=1S/C15H13BrN2OS/c16-11-7-13(18-8-11)15(19)17-6-5-10-9-20-14-4-2-1-3-12(10)14/h1-4,7-9,18H,5-6H2,(H,17,19). The van der Waals surface area contributed by atoms with Crippen LogP contribution in [0.1, 0.15) is 16.1 Å². The predicted molar refractivity (Wildman–Crippen MR) is 86.4 cm³/mol. The number of thiophene rings is 1. The lowest BCUT2D eigenvalue weighted by atomic mass is 10.1. The largest absolute Gasteiger partial charge is 0.356 e. The van der Waals surface area contributed by atoms with Gasteiger partial charge in [-0.05, 0) is 50.8 Å². The fourth-order valence-corrected chi connectivity index (χ4v) is 3.47. The Morgan fingerprint density at radius 2 is 2.20 bits per heavy atom. The highest BCUT2D eigenvalue weighted by Crippen LogP contribution is 2.25. The van der Waals surface area contributed by atoms with Crippen LogP contribution in [0.3, 0.4) is 0 Å². The van der Waals surface area contributed by atoms with Gasteiger partial charge in [-0.1, -0.05) is 18.2 Å². The normalized spacial score (nSPS) is 10.8. The summed E-state index contributed by atoms with van der Waals surface area (Å²) in [5, 5.41) is 6.38. The van der Waals surface area contributed by atoms with Crippen molar-refractivity contribution in [1.82, 2.24) is 10.3 Å². The molecule has 0 atom stereocenters. The maximum atomic E-state index is 11.9. The molecule has 0 unspecified atom stereocenters. The maximum absolute atomic E-state index is 11.9. The number of hydrogen-bond donors (Lipinski definition) is 2. The van der Waals surface area contributed by atoms with E-state index in [4.69, 9.17) is 0 Å². The SMILES string of the molecule is O=C(NCCc1csc2ccccc12)c1cc(Br)c[nH]1. The van der Waals surface area contributed by atoms with Crippen LogP contribution < -0.4 is 5.32 Å². The van der Waals surface area contributed by atoms with Crippen LogP contribution in [0.2, 0.25) is 0 Å². The molecule has 2 N–H and O–H groups in total. The summed E-state index contributed by atoms with van der Waals surface area (Å²) in [6, 6.07) is 10.1. The lowest BCUT2D eigenvalue weighted by Gasteiger charge is -2.03. The van der Waals surface area contributed by atoms with Crippen molar-refractivity contribution >= 4 is 43.3 Å². The van der Waals surface area contributed by atoms with Crippen LogP contribution in [-0.4, -0.2) is 17.4 Å². The Morgan fingerprint density at radius 1 is 1.35 bits per heavy atom. The van der Waals surface area contributed by atoms with Gasteiger partial charge in [-0.25, -0.2) is 0 Å². The van der Waals surface area contributed by atoms with E-state index in [2.05, 4.69) is 43.7 Å². The summed E-state index contributed by atoms with van der Waals surface area (Å²) < 4.78 is 2.17. The van der Waals surface area contributed by atoms with E-state index in [1.54, 1.807) is 23.6 Å². The quantitative estimate of drug-likeness (QED) is 0.736. The van der Waals surface area contributed by atoms with Gasteiger partial charge in [0.05, 0.1) is 0 Å². The van der Waals surface area contributed by atoms with Crippen LogP contribution in [0.5, 0.6) is 0 Å². The molecule has 3 aromatic rings. The average Bonchev–Trinajstić information content (AvgIpc) is 3.06. The van der Waals surface area contributed by atoms with Crippen LogP contribution in [0.15, 0.2) is 46.4 Å². The Balaban J connectivity index is 1.61. The lowest BCUT2D eigenvalue weighted by Crippen LogP contribution is -2.25. The van der Waals surface area contributed by atoms with Crippen LogP contribution in [0, 0.1) is 0 Å². The molecule has 102 valence electrons. The first kappa shape index (κ1) is 13.4. The minimum Gasteiger partial charge on any atom is -0.356 e. The Morgan fingerprint density at radius 3 is 3.00 bits per heavy atom. The van der Waals surface area contributed by atoms with Crippen molar-refractivity contribution in [2.75, 3.05) is 6.54 Å². The second-order valence-electron chi connectivity index (χ2n) is 4.49. The van der Waals surface area contributed by atoms with Crippen LogP contribution in [0.25, 0.3) is 10.1 Å². The number of aromatic amines is 1. The third-order valence-electron chi connectivity index (χ3n) is 3.13. The number of aromatic nitrogens is 1. The molecule has 0 spiro atoms. The van der Waals surface area contributed by atoms with Crippen molar-refractivity contribution in [1.29, 1.82) is 0 Å². The van der Waals surface area contributed by atoms with Crippen LogP contribution in [0.4, 0.5) is 0 Å². The molecule has 0 saturated heterocycles. The molecular formula is C15H13BrN2OS. The molecule has 20 heavy (non-hydrogen) atoms. The van der Waals surface area contributed by atoms with Gasteiger partial charge in [0.1, 0.15) is 5.69 Å². The van der Waals surface area contributed by atoms with Gasteiger partial charge < -0.3 is 10.3 Å². The number of halogens is 1. The zero-order chi connectivity index (χ0) is 13.9. The number of carbonyl (C=O) groups is 1. The van der Waals surface area contributed by atoms with E-state index >= 15 is 0 Å². The number of benzene rings is 1. The van der Waals surface area contributed by atoms with Crippen molar-refractivity contribution in [2.45, 2.75) is 6.42 Å². The molecule has 0 aliphatic carbocycles. The second kappa shape index (κ2) is 5.81. The van der Waals surface area contributed by atoms with Gasteiger partial charge in [-0.2, -0.15) is 0 Å². The highest BCUT2D eigenvalue weighted by Gasteiger charge is 2.08. The summed E-state index contributed by atoms with van der Waals surface area (Å²) in [5.74, 6) is -0.0739. The second-order valence-corrected chi connectivity index (χ2v) is 6.32. The summed E-state index contributed by atoms with van der Waals surface area (Å²) in [4.78, 5) is 14.8. The number of nitrogens with one attached hydrogen (secondary N) is 2. The third-order valence-corrected chi connectivity index (χ3v) is 4.60. The van der Waals surface area contributed by atoms with Gasteiger partial charge in [-0.3, -0.25) is 4.79 Å². The van der Waals surface area contributed by atoms with Crippen LogP contribution >= 0.6 is 27.3 Å². The van der Waals surface area contributed by atoms with Gasteiger partial charge in [0, 0.05) is 21.9 Å². The van der Waals surface area contributed by atoms with Crippen LogP contribution in [-0.2, 0) is 6.42 Å². The Hall–Kier alpha value is -1.59. The fourth-order valence-electron chi connectivity index (χ4n) is 2.13. The number of hydrogen-bond acceptors (Lipinski definition) is 2. The number of amides is 1. The van der Waals surface area contributed by atoms with Crippen molar-refractivity contribution in [3.05, 3.63) is 57.6 Å². The van der Waals surface area contributed by atoms with Crippen molar-refractivity contribution < 1.29 is 4.79 Å². The molecule has 1 amide bonds. The first-order valence-corrected chi connectivity index (χ1v) is 7.98. The highest BCUT2D eigenvalue weighted by atomic mass is 79.9.